The van der Waals surface area contributed by atoms with E-state index in [9.17, 15) is 4.79 Å². The van der Waals surface area contributed by atoms with Crippen LogP contribution >= 0.6 is 23.2 Å². The Morgan fingerprint density at radius 1 is 1.20 bits per heavy atom. The van der Waals surface area contributed by atoms with E-state index in [1.54, 1.807) is 30.3 Å². The standard InChI is InChI=1S/C20H20Cl2N2O/c1-3-5-17(14-7-9-18(21)19(22)11-14)20(25)24-16-8-6-13(4-2)15(10-16)12-23/h4,6-12,17,23H,2-3,5H2,1H3,(H,24,25). The third kappa shape index (κ3) is 4.71. The normalized spacial score (nSPS) is 11.6. The highest BCUT2D eigenvalue weighted by Gasteiger charge is 2.21. The van der Waals surface area contributed by atoms with Gasteiger partial charge in [0.25, 0.3) is 0 Å². The Hall–Kier alpha value is -2.10. The fourth-order valence-corrected chi connectivity index (χ4v) is 2.97. The molecule has 1 atom stereocenters. The first-order valence-electron chi connectivity index (χ1n) is 8.03. The smallest absolute Gasteiger partial charge is 0.231 e. The molecule has 130 valence electrons. The molecule has 0 radical (unpaired) electrons. The predicted octanol–water partition coefficient (Wildman–Crippen LogP) is 6.16. The molecule has 2 aromatic carbocycles. The predicted molar refractivity (Wildman–Crippen MR) is 107 cm³/mol. The van der Waals surface area contributed by atoms with E-state index < -0.39 is 0 Å². The number of halogens is 2. The lowest BCUT2D eigenvalue weighted by molar-refractivity contribution is -0.117. The molecule has 2 aromatic rings. The van der Waals surface area contributed by atoms with Gasteiger partial charge in [0, 0.05) is 17.5 Å². The lowest BCUT2D eigenvalue weighted by Gasteiger charge is -2.18. The van der Waals surface area contributed by atoms with Gasteiger partial charge >= 0.3 is 0 Å². The maximum absolute atomic E-state index is 12.8. The van der Waals surface area contributed by atoms with Gasteiger partial charge in [-0.3, -0.25) is 4.79 Å². The quantitative estimate of drug-likeness (QED) is 0.560. The Morgan fingerprint density at radius 2 is 1.96 bits per heavy atom. The van der Waals surface area contributed by atoms with E-state index in [0.717, 1.165) is 17.5 Å². The van der Waals surface area contributed by atoms with Crippen molar-refractivity contribution >= 4 is 47.1 Å². The second-order valence-corrected chi connectivity index (χ2v) is 6.51. The summed E-state index contributed by atoms with van der Waals surface area (Å²) in [5, 5.41) is 11.3. The van der Waals surface area contributed by atoms with E-state index in [1.807, 2.05) is 19.1 Å². The number of anilines is 1. The highest BCUT2D eigenvalue weighted by Crippen LogP contribution is 2.30. The van der Waals surface area contributed by atoms with Crippen LogP contribution in [0, 0.1) is 5.41 Å². The third-order valence-corrected chi connectivity index (χ3v) is 4.71. The number of amides is 1. The van der Waals surface area contributed by atoms with Gasteiger partial charge in [-0.1, -0.05) is 61.3 Å². The Balaban J connectivity index is 2.27. The lowest BCUT2D eigenvalue weighted by Crippen LogP contribution is -2.21. The second-order valence-electron chi connectivity index (χ2n) is 5.70. The van der Waals surface area contributed by atoms with Crippen molar-refractivity contribution in [1.29, 1.82) is 5.41 Å². The molecule has 0 aliphatic heterocycles. The topological polar surface area (TPSA) is 53.0 Å². The monoisotopic (exact) mass is 374 g/mol. The van der Waals surface area contributed by atoms with E-state index in [2.05, 4.69) is 11.9 Å². The van der Waals surface area contributed by atoms with Gasteiger partial charge in [-0.05, 0) is 41.8 Å². The van der Waals surface area contributed by atoms with Crippen LogP contribution in [0.1, 0.15) is 42.4 Å². The summed E-state index contributed by atoms with van der Waals surface area (Å²) in [4.78, 5) is 12.8. The number of rotatable bonds is 7. The van der Waals surface area contributed by atoms with Crippen LogP contribution in [-0.2, 0) is 4.79 Å². The van der Waals surface area contributed by atoms with Crippen LogP contribution in [0.25, 0.3) is 6.08 Å². The maximum Gasteiger partial charge on any atom is 0.231 e. The molecular formula is C20H20Cl2N2O. The fraction of sp³-hybridized carbons (Fsp3) is 0.200. The van der Waals surface area contributed by atoms with Crippen molar-refractivity contribution < 1.29 is 4.79 Å². The highest BCUT2D eigenvalue weighted by atomic mass is 35.5. The lowest BCUT2D eigenvalue weighted by atomic mass is 9.93. The summed E-state index contributed by atoms with van der Waals surface area (Å²) >= 11 is 12.1. The summed E-state index contributed by atoms with van der Waals surface area (Å²) < 4.78 is 0. The van der Waals surface area contributed by atoms with Crippen LogP contribution in [0.5, 0.6) is 0 Å². The van der Waals surface area contributed by atoms with Crippen molar-refractivity contribution in [2.24, 2.45) is 0 Å². The van der Waals surface area contributed by atoms with E-state index in [4.69, 9.17) is 28.6 Å². The van der Waals surface area contributed by atoms with Crippen LogP contribution in [0.2, 0.25) is 10.0 Å². The largest absolute Gasteiger partial charge is 0.326 e. The molecule has 0 bridgehead atoms. The van der Waals surface area contributed by atoms with Gasteiger partial charge in [0.1, 0.15) is 0 Å². The Morgan fingerprint density at radius 3 is 2.56 bits per heavy atom. The number of nitrogens with one attached hydrogen (secondary N) is 2. The Bertz CT molecular complexity index is 802. The zero-order chi connectivity index (χ0) is 18.4. The number of benzene rings is 2. The fourth-order valence-electron chi connectivity index (χ4n) is 2.66. The van der Waals surface area contributed by atoms with Crippen molar-refractivity contribution in [3.05, 3.63) is 69.7 Å². The molecule has 0 aromatic heterocycles. The molecule has 0 aliphatic carbocycles. The summed E-state index contributed by atoms with van der Waals surface area (Å²) in [7, 11) is 0. The van der Waals surface area contributed by atoms with Crippen molar-refractivity contribution in [2.45, 2.75) is 25.7 Å². The number of carbonyl (C=O) groups excluding carboxylic acids is 1. The van der Waals surface area contributed by atoms with Crippen LogP contribution in [0.3, 0.4) is 0 Å². The van der Waals surface area contributed by atoms with Crippen molar-refractivity contribution in [1.82, 2.24) is 0 Å². The van der Waals surface area contributed by atoms with Crippen LogP contribution < -0.4 is 5.32 Å². The molecule has 0 aliphatic rings. The van der Waals surface area contributed by atoms with E-state index in [1.165, 1.54) is 6.21 Å². The van der Waals surface area contributed by atoms with Crippen LogP contribution in [0.4, 0.5) is 5.69 Å². The SMILES string of the molecule is C=Cc1ccc(NC(=O)C(CCC)c2ccc(Cl)c(Cl)c2)cc1C=N. The molecule has 0 saturated heterocycles. The summed E-state index contributed by atoms with van der Waals surface area (Å²) in [5.74, 6) is -0.426. The molecule has 5 heteroatoms. The zero-order valence-corrected chi connectivity index (χ0v) is 15.5. The van der Waals surface area contributed by atoms with Crippen molar-refractivity contribution in [3.63, 3.8) is 0 Å². The summed E-state index contributed by atoms with van der Waals surface area (Å²) in [6.07, 6.45) is 4.49. The first kappa shape index (κ1) is 19.2. The van der Waals surface area contributed by atoms with Gasteiger partial charge < -0.3 is 10.7 Å². The summed E-state index contributed by atoms with van der Waals surface area (Å²) in [6, 6.07) is 10.7. The minimum absolute atomic E-state index is 0.109. The number of carbonyl (C=O) groups is 1. The highest BCUT2D eigenvalue weighted by molar-refractivity contribution is 6.42. The summed E-state index contributed by atoms with van der Waals surface area (Å²) in [5.41, 5.74) is 3.04. The third-order valence-electron chi connectivity index (χ3n) is 3.97. The van der Waals surface area contributed by atoms with Gasteiger partial charge in [-0.25, -0.2) is 0 Å². The van der Waals surface area contributed by atoms with Crippen LogP contribution in [0.15, 0.2) is 43.0 Å². The molecule has 2 N–H and O–H groups in total. The minimum atomic E-state index is -0.317. The van der Waals surface area contributed by atoms with E-state index in [-0.39, 0.29) is 11.8 Å². The summed E-state index contributed by atoms with van der Waals surface area (Å²) in [6.45, 7) is 5.76. The molecule has 2 rings (SSSR count). The minimum Gasteiger partial charge on any atom is -0.326 e. The number of hydrogen-bond donors (Lipinski definition) is 2. The van der Waals surface area contributed by atoms with Gasteiger partial charge in [-0.2, -0.15) is 0 Å². The first-order chi connectivity index (χ1) is 12.0. The average molecular weight is 375 g/mol. The average Bonchev–Trinajstić information content (AvgIpc) is 2.61. The second kappa shape index (κ2) is 8.84. The van der Waals surface area contributed by atoms with Crippen LogP contribution in [-0.4, -0.2) is 12.1 Å². The van der Waals surface area contributed by atoms with Gasteiger partial charge in [0.15, 0.2) is 0 Å². The molecule has 3 nitrogen and oxygen atoms in total. The molecule has 0 spiro atoms. The molecule has 0 heterocycles. The van der Waals surface area contributed by atoms with E-state index >= 15 is 0 Å². The zero-order valence-electron chi connectivity index (χ0n) is 14.0. The van der Waals surface area contributed by atoms with Crippen molar-refractivity contribution in [2.75, 3.05) is 5.32 Å². The molecular weight excluding hydrogens is 355 g/mol. The molecule has 0 fully saturated rings. The Kier molecular flexibility index (Phi) is 6.80. The Labute approximate surface area is 158 Å². The van der Waals surface area contributed by atoms with Gasteiger partial charge in [0.05, 0.1) is 16.0 Å². The molecule has 1 amide bonds. The van der Waals surface area contributed by atoms with Gasteiger partial charge in [0.2, 0.25) is 5.91 Å². The molecule has 0 saturated carbocycles. The van der Waals surface area contributed by atoms with Gasteiger partial charge in [-0.15, -0.1) is 0 Å². The maximum atomic E-state index is 12.8. The number of hydrogen-bond acceptors (Lipinski definition) is 2. The first-order valence-corrected chi connectivity index (χ1v) is 8.78. The van der Waals surface area contributed by atoms with Crippen molar-refractivity contribution in [3.8, 4) is 0 Å². The molecule has 25 heavy (non-hydrogen) atoms. The molecule has 1 unspecified atom stereocenters. The van der Waals surface area contributed by atoms with E-state index in [0.29, 0.717) is 27.7 Å².